The summed E-state index contributed by atoms with van der Waals surface area (Å²) in [6, 6.07) is 21.3. The summed E-state index contributed by atoms with van der Waals surface area (Å²) in [6.07, 6.45) is 3.28. The van der Waals surface area contributed by atoms with Crippen LogP contribution < -0.4 is 0 Å². The molecule has 0 atom stereocenters. The van der Waals surface area contributed by atoms with Gasteiger partial charge in [0, 0.05) is 11.8 Å². The maximum Gasteiger partial charge on any atom is 2.00 e. The van der Waals surface area contributed by atoms with Crippen molar-refractivity contribution in [3.05, 3.63) is 158 Å². The van der Waals surface area contributed by atoms with E-state index < -0.39 is 0 Å². The third kappa shape index (κ3) is 7.90. The Hall–Kier alpha value is -0.677. The Kier molecular flexibility index (Phi) is 14.4. The van der Waals surface area contributed by atoms with E-state index in [1.54, 1.807) is 12.8 Å². The molecule has 0 saturated heterocycles. The average molecular weight is 540 g/mol. The smallest absolute Gasteiger partial charge is 0.0622 e. The van der Waals surface area contributed by atoms with Crippen molar-refractivity contribution in [1.82, 2.24) is 0 Å². The van der Waals surface area contributed by atoms with Gasteiger partial charge in [-0.15, -0.1) is 0 Å². The average Bonchev–Trinajstić information content (AvgIpc) is 3.18. The van der Waals surface area contributed by atoms with E-state index in [0.717, 1.165) is 0 Å². The van der Waals surface area contributed by atoms with Crippen molar-refractivity contribution in [2.24, 2.45) is 0 Å². The number of hydrogen-bond donors (Lipinski definition) is 0. The number of benzene rings is 2. The molecule has 35 heavy (non-hydrogen) atoms. The van der Waals surface area contributed by atoms with Crippen LogP contribution in [0.15, 0.2) is 60.7 Å². The first-order chi connectivity index (χ1) is 16.2. The second-order valence-electron chi connectivity index (χ2n) is 8.95. The molecule has 0 N–H and O–H groups in total. The van der Waals surface area contributed by atoms with Gasteiger partial charge < -0.3 is 0 Å². The summed E-state index contributed by atoms with van der Waals surface area (Å²) in [5.74, 6) is 14.3. The molecule has 1 heteroatoms. The molecule has 0 heterocycles. The molecule has 2 aliphatic rings. The second kappa shape index (κ2) is 15.5. The molecule has 0 bridgehead atoms. The molecule has 4 rings (SSSR count). The molecule has 0 amide bonds. The molecule has 0 nitrogen and oxygen atoms in total. The van der Waals surface area contributed by atoms with Crippen LogP contribution in [0.5, 0.6) is 0 Å². The number of unbranched alkanes of at least 4 members (excludes halogenated alkanes) is 1. The molecule has 178 valence electrons. The first kappa shape index (κ1) is 32.4. The zero-order valence-corrected chi connectivity index (χ0v) is 25.3. The largest absolute Gasteiger partial charge is 2.00 e. The Morgan fingerprint density at radius 3 is 0.829 bits per heavy atom. The summed E-state index contributed by atoms with van der Waals surface area (Å²) in [4.78, 5) is 0. The van der Waals surface area contributed by atoms with E-state index in [9.17, 15) is 0 Å². The van der Waals surface area contributed by atoms with Crippen LogP contribution in [0.3, 0.4) is 0 Å². The molecule has 2 saturated carbocycles. The van der Waals surface area contributed by atoms with Crippen molar-refractivity contribution < 1.29 is 26.2 Å². The summed E-state index contributed by atoms with van der Waals surface area (Å²) in [6.45, 7) is 24.5. The van der Waals surface area contributed by atoms with Crippen LogP contribution in [0.4, 0.5) is 0 Å². The minimum absolute atomic E-state index is 0. The van der Waals surface area contributed by atoms with Crippen molar-refractivity contribution in [1.29, 1.82) is 0 Å². The molecule has 14 radical (unpaired) electrons. The first-order valence-corrected chi connectivity index (χ1v) is 12.0. The predicted octanol–water partition coefficient (Wildman–Crippen LogP) is 9.06. The molecular formula is C34H40Zr+2. The number of hydrogen-bond acceptors (Lipinski definition) is 0. The van der Waals surface area contributed by atoms with Crippen molar-refractivity contribution in [3.8, 4) is 0 Å². The molecule has 0 aromatic heterocycles. The van der Waals surface area contributed by atoms with E-state index in [2.05, 4.69) is 130 Å². The van der Waals surface area contributed by atoms with Gasteiger partial charge in [-0.05, 0) is 85.2 Å². The Bertz CT molecular complexity index is 702. The van der Waals surface area contributed by atoms with Crippen molar-refractivity contribution >= 4 is 0 Å². The van der Waals surface area contributed by atoms with Gasteiger partial charge in [0.2, 0.25) is 0 Å². The maximum atomic E-state index is 3.36. The topological polar surface area (TPSA) is 0 Å². The van der Waals surface area contributed by atoms with Crippen molar-refractivity contribution in [2.45, 2.75) is 55.4 Å². The summed E-state index contributed by atoms with van der Waals surface area (Å²) in [5, 5.41) is 0. The Morgan fingerprint density at radius 1 is 0.400 bits per heavy atom. The van der Waals surface area contributed by atoms with E-state index >= 15 is 0 Å². The maximum absolute atomic E-state index is 3.36. The van der Waals surface area contributed by atoms with E-state index in [-0.39, 0.29) is 26.2 Å². The van der Waals surface area contributed by atoms with E-state index in [1.807, 2.05) is 0 Å². The van der Waals surface area contributed by atoms with E-state index in [4.69, 9.17) is 0 Å². The molecule has 2 aliphatic carbocycles. The molecule has 2 fully saturated rings. The normalized spacial score (nSPS) is 20.3. The van der Waals surface area contributed by atoms with Crippen LogP contribution in [-0.2, 0) is 26.2 Å². The van der Waals surface area contributed by atoms with Crippen LogP contribution in [0, 0.1) is 85.9 Å². The Labute approximate surface area is 238 Å². The molecule has 0 spiro atoms. The first-order valence-electron chi connectivity index (χ1n) is 12.0. The van der Waals surface area contributed by atoms with Gasteiger partial charge in [-0.2, -0.15) is 0 Å². The third-order valence-electron chi connectivity index (χ3n) is 7.17. The fourth-order valence-electron chi connectivity index (χ4n) is 4.51. The van der Waals surface area contributed by atoms with E-state index in [0.29, 0.717) is 0 Å². The van der Waals surface area contributed by atoms with Crippen LogP contribution in [0.25, 0.3) is 0 Å². The standard InChI is InChI=1S/2C15H17.C4H6.Zr/c2*1-10-11(2)13(4)15(12(10)3)14-8-6-5-7-9-14;1-3-4-2;/h2*5-9H,1-4H3;3-4H,1-2H2;/q;;;+2. The van der Waals surface area contributed by atoms with Crippen LogP contribution >= 0.6 is 0 Å². The van der Waals surface area contributed by atoms with Gasteiger partial charge >= 0.3 is 26.2 Å². The summed E-state index contributed by atoms with van der Waals surface area (Å²) in [5.41, 5.74) is 2.67. The summed E-state index contributed by atoms with van der Waals surface area (Å²) >= 11 is 0. The molecule has 2 aromatic carbocycles. The van der Waals surface area contributed by atoms with Gasteiger partial charge in [0.05, 0.1) is 0 Å². The zero-order valence-electron chi connectivity index (χ0n) is 22.8. The third-order valence-corrected chi connectivity index (χ3v) is 7.17. The van der Waals surface area contributed by atoms with Gasteiger partial charge in [-0.25, -0.2) is 0 Å². The number of rotatable bonds is 3. The zero-order chi connectivity index (χ0) is 25.4. The van der Waals surface area contributed by atoms with Crippen molar-refractivity contribution in [3.63, 3.8) is 0 Å². The van der Waals surface area contributed by atoms with Gasteiger partial charge in [0.15, 0.2) is 0 Å². The minimum atomic E-state index is 0. The van der Waals surface area contributed by atoms with Crippen LogP contribution in [0.2, 0.25) is 0 Å². The molecular weight excluding hydrogens is 500 g/mol. The quantitative estimate of drug-likeness (QED) is 0.365. The summed E-state index contributed by atoms with van der Waals surface area (Å²) in [7, 11) is 0. The predicted molar refractivity (Wildman–Crippen MR) is 148 cm³/mol. The monoisotopic (exact) mass is 538 g/mol. The fourth-order valence-corrected chi connectivity index (χ4v) is 4.51. The minimum Gasteiger partial charge on any atom is -0.0622 e. The fraction of sp³-hybridized carbons (Fsp3) is 0.235. The summed E-state index contributed by atoms with van der Waals surface area (Å²) < 4.78 is 0. The van der Waals surface area contributed by atoms with Gasteiger partial charge in [0.25, 0.3) is 0 Å². The SMILES string of the molecule is C[C]1[C](C)[C](C)[C](c2ccccc2)[C]1C.C[C]1[C](C)[C](C)[C](c2ccccc2)[C]1C.[CH2][CH][CH][CH2].[Zr+2]. The van der Waals surface area contributed by atoms with Gasteiger partial charge in [0.1, 0.15) is 0 Å². The Balaban J connectivity index is 0.000000297. The molecule has 0 aliphatic heterocycles. The molecule has 2 aromatic rings. The van der Waals surface area contributed by atoms with Gasteiger partial charge in [-0.1, -0.05) is 116 Å². The molecule has 0 unspecified atom stereocenters. The van der Waals surface area contributed by atoms with Crippen molar-refractivity contribution in [2.75, 3.05) is 0 Å². The van der Waals surface area contributed by atoms with Crippen LogP contribution in [0.1, 0.15) is 66.5 Å². The van der Waals surface area contributed by atoms with E-state index in [1.165, 1.54) is 70.3 Å². The Morgan fingerprint density at radius 2 is 0.629 bits per heavy atom. The second-order valence-corrected chi connectivity index (χ2v) is 8.95. The van der Waals surface area contributed by atoms with Gasteiger partial charge in [-0.3, -0.25) is 0 Å². The van der Waals surface area contributed by atoms with Crippen LogP contribution in [-0.4, -0.2) is 0 Å².